The summed E-state index contributed by atoms with van der Waals surface area (Å²) in [6, 6.07) is 5.49. The van der Waals surface area contributed by atoms with Crippen LogP contribution >= 0.6 is 0 Å². The smallest absolute Gasteiger partial charge is 0.178 e. The summed E-state index contributed by atoms with van der Waals surface area (Å²) in [5.41, 5.74) is 2.22. The molecule has 0 aliphatic rings. The van der Waals surface area contributed by atoms with Crippen molar-refractivity contribution in [1.29, 1.82) is 0 Å². The summed E-state index contributed by atoms with van der Waals surface area (Å²) in [6.45, 7) is 6.53. The Morgan fingerprint density at radius 3 is 2.56 bits per heavy atom. The van der Waals surface area contributed by atoms with E-state index in [4.69, 9.17) is 0 Å². The number of hydrogen-bond acceptors (Lipinski definition) is 3. The first-order valence-electron chi connectivity index (χ1n) is 6.64. The van der Waals surface area contributed by atoms with Crippen LogP contribution in [-0.2, 0) is 0 Å². The third-order valence-electron chi connectivity index (χ3n) is 2.84. The molecule has 0 atom stereocenters. The van der Waals surface area contributed by atoms with E-state index in [1.807, 2.05) is 19.1 Å². The number of nitrogens with zero attached hydrogens (tertiary/aromatic N) is 2. The molecule has 1 heterocycles. The van der Waals surface area contributed by atoms with Gasteiger partial charge in [0, 0.05) is 13.5 Å². The largest absolute Gasteiger partial charge is 0.293 e. The van der Waals surface area contributed by atoms with Crippen LogP contribution < -0.4 is 0 Å². The second-order valence-electron chi connectivity index (χ2n) is 4.49. The lowest BCUT2D eigenvalue weighted by Crippen LogP contribution is -2.05. The van der Waals surface area contributed by atoms with Crippen LogP contribution in [0.5, 0.6) is 0 Å². The maximum Gasteiger partial charge on any atom is 0.178 e. The maximum absolute atomic E-state index is 11.3. The number of carbonyl (C=O) groups excluding carboxylic acids is 1. The quantitative estimate of drug-likeness (QED) is 0.418. The first-order valence-corrected chi connectivity index (χ1v) is 6.64. The molecule has 98 valence electrons. The number of hydrogen-bond donors (Lipinski definition) is 0. The van der Waals surface area contributed by atoms with E-state index >= 15 is 0 Å². The SMILES string of the molecule is CCCCCC/N=C(/C)c1cccc(C(C)=O)n1. The van der Waals surface area contributed by atoms with E-state index in [0.717, 1.165) is 24.4 Å². The minimum Gasteiger partial charge on any atom is -0.293 e. The van der Waals surface area contributed by atoms with Crippen molar-refractivity contribution < 1.29 is 4.79 Å². The average Bonchev–Trinajstić information content (AvgIpc) is 2.38. The summed E-state index contributed by atoms with van der Waals surface area (Å²) in [5, 5.41) is 0. The Morgan fingerprint density at radius 2 is 1.89 bits per heavy atom. The number of rotatable bonds is 7. The molecule has 0 amide bonds. The van der Waals surface area contributed by atoms with Crippen LogP contribution in [0.25, 0.3) is 0 Å². The highest BCUT2D eigenvalue weighted by molar-refractivity contribution is 5.99. The highest BCUT2D eigenvalue weighted by Crippen LogP contribution is 2.04. The molecule has 0 unspecified atom stereocenters. The van der Waals surface area contributed by atoms with Crippen LogP contribution in [-0.4, -0.2) is 23.0 Å². The molecule has 0 aromatic carbocycles. The number of carbonyl (C=O) groups is 1. The van der Waals surface area contributed by atoms with Crippen LogP contribution in [0, 0.1) is 0 Å². The fraction of sp³-hybridized carbons (Fsp3) is 0.533. The van der Waals surface area contributed by atoms with Gasteiger partial charge in [0.15, 0.2) is 5.78 Å². The molecular weight excluding hydrogens is 224 g/mol. The van der Waals surface area contributed by atoms with Gasteiger partial charge in [-0.25, -0.2) is 4.98 Å². The molecule has 3 heteroatoms. The fourth-order valence-electron chi connectivity index (χ4n) is 1.70. The summed E-state index contributed by atoms with van der Waals surface area (Å²) < 4.78 is 0. The molecule has 0 aliphatic carbocycles. The van der Waals surface area contributed by atoms with E-state index in [2.05, 4.69) is 16.9 Å². The van der Waals surface area contributed by atoms with Crippen molar-refractivity contribution in [3.8, 4) is 0 Å². The summed E-state index contributed by atoms with van der Waals surface area (Å²) in [4.78, 5) is 20.1. The highest BCUT2D eigenvalue weighted by atomic mass is 16.1. The molecule has 1 aromatic rings. The van der Waals surface area contributed by atoms with Crippen molar-refractivity contribution in [2.45, 2.75) is 46.5 Å². The lowest BCUT2D eigenvalue weighted by molar-refractivity contribution is 0.101. The Labute approximate surface area is 109 Å². The van der Waals surface area contributed by atoms with Crippen LogP contribution in [0.4, 0.5) is 0 Å². The van der Waals surface area contributed by atoms with Gasteiger partial charge in [-0.15, -0.1) is 0 Å². The summed E-state index contributed by atoms with van der Waals surface area (Å²) in [5.74, 6) is -0.00686. The van der Waals surface area contributed by atoms with Crippen molar-refractivity contribution in [1.82, 2.24) is 4.98 Å². The van der Waals surface area contributed by atoms with Gasteiger partial charge in [-0.1, -0.05) is 32.3 Å². The molecule has 18 heavy (non-hydrogen) atoms. The van der Waals surface area contributed by atoms with Crippen molar-refractivity contribution in [3.63, 3.8) is 0 Å². The van der Waals surface area contributed by atoms with Crippen molar-refractivity contribution in [3.05, 3.63) is 29.6 Å². The molecular formula is C15H22N2O. The normalized spacial score (nSPS) is 11.6. The Balaban J connectivity index is 2.60. The maximum atomic E-state index is 11.3. The number of aliphatic imine (C=N–C) groups is 1. The monoisotopic (exact) mass is 246 g/mol. The number of ketones is 1. The van der Waals surface area contributed by atoms with E-state index in [0.29, 0.717) is 5.69 Å². The average molecular weight is 246 g/mol. The third kappa shape index (κ3) is 4.78. The zero-order chi connectivity index (χ0) is 13.4. The predicted octanol–water partition coefficient (Wildman–Crippen LogP) is 3.67. The Hall–Kier alpha value is -1.51. The molecule has 0 aliphatic heterocycles. The van der Waals surface area contributed by atoms with Crippen molar-refractivity contribution in [2.24, 2.45) is 4.99 Å². The minimum atomic E-state index is -0.00686. The van der Waals surface area contributed by atoms with E-state index in [1.165, 1.54) is 26.2 Å². The Morgan fingerprint density at radius 1 is 1.17 bits per heavy atom. The second kappa shape index (κ2) is 7.75. The van der Waals surface area contributed by atoms with Crippen LogP contribution in [0.1, 0.15) is 62.6 Å². The van der Waals surface area contributed by atoms with Crippen LogP contribution in [0.2, 0.25) is 0 Å². The first-order chi connectivity index (χ1) is 8.65. The minimum absolute atomic E-state index is 0.00686. The van der Waals surface area contributed by atoms with Crippen LogP contribution in [0.3, 0.4) is 0 Å². The topological polar surface area (TPSA) is 42.3 Å². The van der Waals surface area contributed by atoms with Crippen LogP contribution in [0.15, 0.2) is 23.2 Å². The van der Waals surface area contributed by atoms with E-state index in [9.17, 15) is 4.79 Å². The zero-order valence-electron chi connectivity index (χ0n) is 11.6. The number of aromatic nitrogens is 1. The Bertz CT molecular complexity index is 424. The molecule has 0 fully saturated rings. The number of pyridine rings is 1. The predicted molar refractivity (Wildman–Crippen MR) is 75.5 cm³/mol. The number of Topliss-reactive ketones (excluding diaryl/α,β-unsaturated/α-hetero) is 1. The molecule has 1 rings (SSSR count). The summed E-state index contributed by atoms with van der Waals surface area (Å²) in [7, 11) is 0. The molecule has 0 saturated carbocycles. The van der Waals surface area contributed by atoms with Gasteiger partial charge in [-0.3, -0.25) is 9.79 Å². The van der Waals surface area contributed by atoms with Crippen molar-refractivity contribution in [2.75, 3.05) is 6.54 Å². The standard InChI is InChI=1S/C15H22N2O/c1-4-5-6-7-11-16-12(2)14-9-8-10-15(17-14)13(3)18/h8-10H,4-7,11H2,1-3H3/b16-12-. The van der Waals surface area contributed by atoms with Gasteiger partial charge >= 0.3 is 0 Å². The lowest BCUT2D eigenvalue weighted by atomic mass is 10.2. The van der Waals surface area contributed by atoms with Crippen molar-refractivity contribution >= 4 is 11.5 Å². The van der Waals surface area contributed by atoms with Gasteiger partial charge in [0.1, 0.15) is 5.69 Å². The second-order valence-corrected chi connectivity index (χ2v) is 4.49. The number of unbranched alkanes of at least 4 members (excludes halogenated alkanes) is 3. The van der Waals surface area contributed by atoms with Gasteiger partial charge in [-0.2, -0.15) is 0 Å². The third-order valence-corrected chi connectivity index (χ3v) is 2.84. The fourth-order valence-corrected chi connectivity index (χ4v) is 1.70. The van der Waals surface area contributed by atoms with Gasteiger partial charge in [-0.05, 0) is 25.5 Å². The van der Waals surface area contributed by atoms with E-state index in [1.54, 1.807) is 6.07 Å². The molecule has 3 nitrogen and oxygen atoms in total. The molecule has 1 aromatic heterocycles. The molecule has 0 bridgehead atoms. The Kier molecular flexibility index (Phi) is 6.26. The van der Waals surface area contributed by atoms with Gasteiger partial charge < -0.3 is 0 Å². The molecule has 0 radical (unpaired) electrons. The lowest BCUT2D eigenvalue weighted by Gasteiger charge is -2.02. The highest BCUT2D eigenvalue weighted by Gasteiger charge is 2.04. The van der Waals surface area contributed by atoms with E-state index < -0.39 is 0 Å². The summed E-state index contributed by atoms with van der Waals surface area (Å²) in [6.07, 6.45) is 4.86. The van der Waals surface area contributed by atoms with Gasteiger partial charge in [0.05, 0.1) is 11.4 Å². The zero-order valence-corrected chi connectivity index (χ0v) is 11.6. The first kappa shape index (κ1) is 14.6. The summed E-state index contributed by atoms with van der Waals surface area (Å²) >= 11 is 0. The molecule has 0 saturated heterocycles. The van der Waals surface area contributed by atoms with E-state index in [-0.39, 0.29) is 5.78 Å². The van der Waals surface area contributed by atoms with Gasteiger partial charge in [0.2, 0.25) is 0 Å². The van der Waals surface area contributed by atoms with Gasteiger partial charge in [0.25, 0.3) is 0 Å². The molecule has 0 spiro atoms. The molecule has 0 N–H and O–H groups in total.